The van der Waals surface area contributed by atoms with Gasteiger partial charge in [0.25, 0.3) is 5.91 Å². The summed E-state index contributed by atoms with van der Waals surface area (Å²) in [5, 5.41) is 12.4. The van der Waals surface area contributed by atoms with Crippen LogP contribution in [0.25, 0.3) is 10.9 Å². The number of pyridine rings is 1. The minimum absolute atomic E-state index is 0.169. The van der Waals surface area contributed by atoms with Gasteiger partial charge in [-0.1, -0.05) is 6.07 Å². The van der Waals surface area contributed by atoms with E-state index in [1.165, 1.54) is 12.3 Å². The molecule has 21 heavy (non-hydrogen) atoms. The molecule has 0 bridgehead atoms. The maximum absolute atomic E-state index is 12.4. The normalized spacial score (nSPS) is 10.5. The molecule has 3 rings (SSSR count). The van der Waals surface area contributed by atoms with Crippen molar-refractivity contribution in [3.8, 4) is 0 Å². The minimum Gasteiger partial charge on any atom is -0.476 e. The van der Waals surface area contributed by atoms with Crippen molar-refractivity contribution in [2.45, 2.75) is 0 Å². The van der Waals surface area contributed by atoms with Gasteiger partial charge in [-0.15, -0.1) is 0 Å². The Bertz CT molecular complexity index is 839. The first kappa shape index (κ1) is 12.9. The highest BCUT2D eigenvalue weighted by atomic mass is 16.4. The summed E-state index contributed by atoms with van der Waals surface area (Å²) in [5.41, 5.74) is 1.29. The average molecular weight is 281 g/mol. The molecule has 6 nitrogen and oxygen atoms in total. The first-order chi connectivity index (χ1) is 10.2. The second kappa shape index (κ2) is 5.09. The van der Waals surface area contributed by atoms with Gasteiger partial charge >= 0.3 is 5.97 Å². The summed E-state index contributed by atoms with van der Waals surface area (Å²) in [4.78, 5) is 30.2. The number of carbonyl (C=O) groups is 2. The highest BCUT2D eigenvalue weighted by Crippen LogP contribution is 2.20. The van der Waals surface area contributed by atoms with E-state index < -0.39 is 5.97 Å². The molecule has 2 aromatic heterocycles. The van der Waals surface area contributed by atoms with Gasteiger partial charge in [0.1, 0.15) is 0 Å². The van der Waals surface area contributed by atoms with Crippen LogP contribution in [-0.2, 0) is 0 Å². The minimum atomic E-state index is -1.19. The maximum Gasteiger partial charge on any atom is 0.356 e. The fraction of sp³-hybridized carbons (Fsp3) is 0. The molecular formula is C15H11N3O3. The number of anilines is 1. The Kier molecular flexibility index (Phi) is 3.12. The molecule has 0 aliphatic carbocycles. The summed E-state index contributed by atoms with van der Waals surface area (Å²) in [6, 6.07) is 10.2. The van der Waals surface area contributed by atoms with Gasteiger partial charge in [0.2, 0.25) is 0 Å². The van der Waals surface area contributed by atoms with E-state index in [9.17, 15) is 9.59 Å². The van der Waals surface area contributed by atoms with E-state index in [1.807, 2.05) is 6.07 Å². The summed E-state index contributed by atoms with van der Waals surface area (Å²) >= 11 is 0. The fourth-order valence-corrected chi connectivity index (χ4v) is 2.15. The smallest absolute Gasteiger partial charge is 0.356 e. The van der Waals surface area contributed by atoms with Crippen molar-refractivity contribution in [3.05, 3.63) is 60.0 Å². The lowest BCUT2D eigenvalue weighted by Crippen LogP contribution is -2.15. The van der Waals surface area contributed by atoms with Gasteiger partial charge in [0, 0.05) is 28.9 Å². The summed E-state index contributed by atoms with van der Waals surface area (Å²) in [7, 11) is 0. The SMILES string of the molecule is O=C(O)c1ncccc1NC(=O)c1cccc2[nH]ccc12. The Morgan fingerprint density at radius 1 is 1.14 bits per heavy atom. The number of benzene rings is 1. The predicted molar refractivity (Wildman–Crippen MR) is 77.4 cm³/mol. The number of carboxylic acid groups (broad SMARTS) is 1. The van der Waals surface area contributed by atoms with Crippen LogP contribution in [0.5, 0.6) is 0 Å². The first-order valence-corrected chi connectivity index (χ1v) is 6.22. The monoisotopic (exact) mass is 281 g/mol. The topological polar surface area (TPSA) is 95.1 Å². The number of fused-ring (bicyclic) bond motifs is 1. The number of aromatic carboxylic acids is 1. The largest absolute Gasteiger partial charge is 0.476 e. The zero-order chi connectivity index (χ0) is 14.8. The zero-order valence-electron chi connectivity index (χ0n) is 10.8. The Morgan fingerprint density at radius 3 is 2.81 bits per heavy atom. The van der Waals surface area contributed by atoms with Crippen LogP contribution in [0.4, 0.5) is 5.69 Å². The van der Waals surface area contributed by atoms with Crippen LogP contribution in [0.15, 0.2) is 48.8 Å². The summed E-state index contributed by atoms with van der Waals surface area (Å²) in [5.74, 6) is -1.57. The van der Waals surface area contributed by atoms with E-state index in [0.717, 1.165) is 10.9 Å². The molecule has 1 aromatic carbocycles. The summed E-state index contributed by atoms with van der Waals surface area (Å²) < 4.78 is 0. The van der Waals surface area contributed by atoms with E-state index in [0.29, 0.717) is 5.56 Å². The highest BCUT2D eigenvalue weighted by molar-refractivity contribution is 6.13. The van der Waals surface area contributed by atoms with Crippen molar-refractivity contribution in [1.29, 1.82) is 0 Å². The Balaban J connectivity index is 1.97. The fourth-order valence-electron chi connectivity index (χ4n) is 2.15. The van der Waals surface area contributed by atoms with Crippen molar-refractivity contribution in [2.75, 3.05) is 5.32 Å². The third kappa shape index (κ3) is 2.34. The third-order valence-corrected chi connectivity index (χ3v) is 3.10. The number of carbonyl (C=O) groups excluding carboxylic acids is 1. The molecule has 0 aliphatic rings. The molecular weight excluding hydrogens is 270 g/mol. The van der Waals surface area contributed by atoms with Crippen LogP contribution in [0.1, 0.15) is 20.8 Å². The second-order valence-electron chi connectivity index (χ2n) is 4.40. The quantitative estimate of drug-likeness (QED) is 0.687. The Morgan fingerprint density at radius 2 is 2.00 bits per heavy atom. The predicted octanol–water partition coefficient (Wildman–Crippen LogP) is 2.51. The number of amides is 1. The lowest BCUT2D eigenvalue weighted by Gasteiger charge is -2.08. The highest BCUT2D eigenvalue weighted by Gasteiger charge is 2.16. The molecule has 0 spiro atoms. The van der Waals surface area contributed by atoms with Gasteiger partial charge in [-0.2, -0.15) is 0 Å². The van der Waals surface area contributed by atoms with E-state index in [-0.39, 0.29) is 17.3 Å². The van der Waals surface area contributed by atoms with Gasteiger partial charge in [0.05, 0.1) is 5.69 Å². The number of rotatable bonds is 3. The van der Waals surface area contributed by atoms with E-state index in [2.05, 4.69) is 15.3 Å². The standard InChI is InChI=1S/C15H11N3O3/c19-14(10-3-1-4-11-9(10)6-8-16-11)18-12-5-2-7-17-13(12)15(20)21/h1-8,16H,(H,18,19)(H,20,21). The molecule has 104 valence electrons. The molecule has 2 heterocycles. The van der Waals surface area contributed by atoms with Crippen LogP contribution in [0.3, 0.4) is 0 Å². The molecule has 0 unspecified atom stereocenters. The Labute approximate surface area is 119 Å². The van der Waals surface area contributed by atoms with Crippen molar-refractivity contribution >= 4 is 28.5 Å². The van der Waals surface area contributed by atoms with Gasteiger partial charge in [-0.3, -0.25) is 4.79 Å². The first-order valence-electron chi connectivity index (χ1n) is 6.22. The van der Waals surface area contributed by atoms with Crippen molar-refractivity contribution in [2.24, 2.45) is 0 Å². The van der Waals surface area contributed by atoms with Crippen LogP contribution < -0.4 is 5.32 Å². The number of carboxylic acids is 1. The van der Waals surface area contributed by atoms with Gasteiger partial charge in [0.15, 0.2) is 5.69 Å². The molecule has 1 amide bonds. The molecule has 3 aromatic rings. The number of hydrogen-bond acceptors (Lipinski definition) is 3. The van der Waals surface area contributed by atoms with Crippen molar-refractivity contribution < 1.29 is 14.7 Å². The lowest BCUT2D eigenvalue weighted by molar-refractivity contribution is 0.0692. The summed E-state index contributed by atoms with van der Waals surface area (Å²) in [6.07, 6.45) is 3.11. The average Bonchev–Trinajstić information content (AvgIpc) is 2.95. The van der Waals surface area contributed by atoms with E-state index in [1.54, 1.807) is 30.5 Å². The third-order valence-electron chi connectivity index (χ3n) is 3.10. The van der Waals surface area contributed by atoms with Crippen LogP contribution in [0.2, 0.25) is 0 Å². The van der Waals surface area contributed by atoms with Crippen molar-refractivity contribution in [1.82, 2.24) is 9.97 Å². The molecule has 0 saturated carbocycles. The Hall–Kier alpha value is -3.15. The maximum atomic E-state index is 12.4. The second-order valence-corrected chi connectivity index (χ2v) is 4.40. The molecule has 3 N–H and O–H groups in total. The summed E-state index contributed by atoms with van der Waals surface area (Å²) in [6.45, 7) is 0. The molecule has 6 heteroatoms. The van der Waals surface area contributed by atoms with Crippen LogP contribution in [-0.4, -0.2) is 27.0 Å². The molecule has 0 atom stereocenters. The van der Waals surface area contributed by atoms with Crippen molar-refractivity contribution in [3.63, 3.8) is 0 Å². The van der Waals surface area contributed by atoms with Gasteiger partial charge < -0.3 is 15.4 Å². The number of aromatic nitrogens is 2. The number of nitrogens with one attached hydrogen (secondary N) is 2. The van der Waals surface area contributed by atoms with Gasteiger partial charge in [-0.05, 0) is 30.3 Å². The van der Waals surface area contributed by atoms with Crippen LogP contribution >= 0.6 is 0 Å². The number of hydrogen-bond donors (Lipinski definition) is 3. The number of H-pyrrole nitrogens is 1. The van der Waals surface area contributed by atoms with E-state index >= 15 is 0 Å². The lowest BCUT2D eigenvalue weighted by atomic mass is 10.1. The molecule has 0 fully saturated rings. The van der Waals surface area contributed by atoms with Crippen LogP contribution in [0, 0.1) is 0 Å². The number of nitrogens with zero attached hydrogens (tertiary/aromatic N) is 1. The molecule has 0 aliphatic heterocycles. The zero-order valence-corrected chi connectivity index (χ0v) is 10.8. The number of aromatic amines is 1. The van der Waals surface area contributed by atoms with E-state index in [4.69, 9.17) is 5.11 Å². The molecule has 0 saturated heterocycles. The molecule has 0 radical (unpaired) electrons. The van der Waals surface area contributed by atoms with Gasteiger partial charge in [-0.25, -0.2) is 9.78 Å².